The molecule has 0 aromatic rings. The van der Waals surface area contributed by atoms with Gasteiger partial charge in [0.15, 0.2) is 28.6 Å². The lowest BCUT2D eigenvalue weighted by Gasteiger charge is -2.54. The highest BCUT2D eigenvalue weighted by Crippen LogP contribution is 2.40. The van der Waals surface area contributed by atoms with Gasteiger partial charge in [0.2, 0.25) is 5.91 Å². The molecule has 1 aliphatic rings. The molecule has 1 saturated heterocycles. The van der Waals surface area contributed by atoms with Gasteiger partial charge in [-0.15, -0.1) is 0 Å². The van der Waals surface area contributed by atoms with E-state index in [0.29, 0.717) is 0 Å². The third kappa shape index (κ3) is 2.87. The molecule has 6 atom stereocenters. The van der Waals surface area contributed by atoms with Crippen molar-refractivity contribution < 1.29 is 39.2 Å². The standard InChI is InChI=1S/C14H22N2O8/c1-5(17)9(21)11-14(23,7(3)19)13(22,6(2)18)10(12(15)24-11)16-8(4)20/h9-12,21-23H,15H2,1-4H3,(H,16,20)/t9?,10-,11-,12-,13-,14+/m1/s1. The molecule has 24 heavy (non-hydrogen) atoms. The van der Waals surface area contributed by atoms with Crippen LogP contribution in [0.2, 0.25) is 0 Å². The highest BCUT2D eigenvalue weighted by atomic mass is 16.5. The summed E-state index contributed by atoms with van der Waals surface area (Å²) < 4.78 is 5.15. The molecule has 136 valence electrons. The quantitative estimate of drug-likeness (QED) is 0.342. The van der Waals surface area contributed by atoms with Crippen molar-refractivity contribution in [1.29, 1.82) is 0 Å². The Kier molecular flexibility index (Phi) is 5.63. The average Bonchev–Trinajstić information content (AvgIpc) is 2.45. The maximum Gasteiger partial charge on any atom is 0.217 e. The normalized spacial score (nSPS) is 37.4. The van der Waals surface area contributed by atoms with Crippen molar-refractivity contribution in [2.75, 3.05) is 0 Å². The van der Waals surface area contributed by atoms with E-state index in [1.807, 2.05) is 0 Å². The second kappa shape index (κ2) is 6.65. The van der Waals surface area contributed by atoms with Crippen LogP contribution < -0.4 is 11.1 Å². The van der Waals surface area contributed by atoms with Crippen LogP contribution in [0.1, 0.15) is 27.7 Å². The Bertz CT molecular complexity index is 561. The minimum atomic E-state index is -3.01. The maximum absolute atomic E-state index is 12.1. The molecule has 1 amide bonds. The van der Waals surface area contributed by atoms with Gasteiger partial charge in [0.1, 0.15) is 24.5 Å². The van der Waals surface area contributed by atoms with E-state index in [1.165, 1.54) is 0 Å². The Morgan fingerprint density at radius 3 is 1.83 bits per heavy atom. The molecule has 0 aromatic carbocycles. The lowest BCUT2D eigenvalue weighted by atomic mass is 9.65. The van der Waals surface area contributed by atoms with Crippen LogP contribution in [0.25, 0.3) is 0 Å². The van der Waals surface area contributed by atoms with E-state index < -0.39 is 58.9 Å². The van der Waals surface area contributed by atoms with E-state index in [4.69, 9.17) is 10.5 Å². The van der Waals surface area contributed by atoms with Crippen molar-refractivity contribution in [2.24, 2.45) is 5.73 Å². The van der Waals surface area contributed by atoms with Crippen molar-refractivity contribution >= 4 is 23.3 Å². The first-order valence-corrected chi connectivity index (χ1v) is 7.15. The van der Waals surface area contributed by atoms with Crippen molar-refractivity contribution in [3.63, 3.8) is 0 Å². The molecule has 1 aliphatic heterocycles. The lowest BCUT2D eigenvalue weighted by molar-refractivity contribution is -0.277. The summed E-state index contributed by atoms with van der Waals surface area (Å²) in [6, 6.07) is -1.68. The molecule has 0 bridgehead atoms. The summed E-state index contributed by atoms with van der Waals surface area (Å²) in [6.45, 7) is 3.75. The average molecular weight is 346 g/mol. The van der Waals surface area contributed by atoms with E-state index in [2.05, 4.69) is 5.32 Å². The highest BCUT2D eigenvalue weighted by Gasteiger charge is 2.71. The number of aliphatic hydroxyl groups excluding tert-OH is 1. The Balaban J connectivity index is 3.64. The molecule has 0 spiro atoms. The van der Waals surface area contributed by atoms with E-state index >= 15 is 0 Å². The third-order valence-electron chi connectivity index (χ3n) is 4.21. The summed E-state index contributed by atoms with van der Waals surface area (Å²) in [5, 5.41) is 33.9. The summed E-state index contributed by atoms with van der Waals surface area (Å²) >= 11 is 0. The SMILES string of the molecule is CC(=O)N[C@@H]1[C@H](N)O[C@H](C(O)C(C)=O)[C@@](O)(C(C)=O)[C@@]1(O)C(C)=O. The summed E-state index contributed by atoms with van der Waals surface area (Å²) in [4.78, 5) is 47.1. The van der Waals surface area contributed by atoms with Crippen LogP contribution >= 0.6 is 0 Å². The second-order valence-corrected chi connectivity index (χ2v) is 5.90. The van der Waals surface area contributed by atoms with Gasteiger partial charge in [-0.1, -0.05) is 0 Å². The second-order valence-electron chi connectivity index (χ2n) is 5.90. The molecular weight excluding hydrogens is 324 g/mol. The van der Waals surface area contributed by atoms with Gasteiger partial charge < -0.3 is 31.1 Å². The summed E-state index contributed by atoms with van der Waals surface area (Å²) in [5.74, 6) is -3.84. The van der Waals surface area contributed by atoms with Crippen LogP contribution in [0.3, 0.4) is 0 Å². The molecule has 1 rings (SSSR count). The molecule has 10 heteroatoms. The Morgan fingerprint density at radius 2 is 1.50 bits per heavy atom. The molecule has 6 N–H and O–H groups in total. The number of hydrogen-bond donors (Lipinski definition) is 5. The van der Waals surface area contributed by atoms with Gasteiger partial charge in [-0.05, 0) is 20.8 Å². The van der Waals surface area contributed by atoms with Crippen LogP contribution in [-0.4, -0.2) is 74.3 Å². The number of hydrogen-bond acceptors (Lipinski definition) is 9. The number of carbonyl (C=O) groups excluding carboxylic acids is 4. The Morgan fingerprint density at radius 1 is 1.04 bits per heavy atom. The first-order chi connectivity index (χ1) is 10.8. The summed E-state index contributed by atoms with van der Waals surface area (Å²) in [7, 11) is 0. The smallest absolute Gasteiger partial charge is 0.217 e. The fourth-order valence-corrected chi connectivity index (χ4v) is 2.92. The number of ketones is 3. The molecule has 1 heterocycles. The Hall–Kier alpha value is -1.72. The number of rotatable bonds is 5. The molecular formula is C14H22N2O8. The van der Waals surface area contributed by atoms with Crippen molar-refractivity contribution in [3.05, 3.63) is 0 Å². The topological polar surface area (TPSA) is 176 Å². The van der Waals surface area contributed by atoms with Crippen molar-refractivity contribution in [1.82, 2.24) is 5.32 Å². The number of amides is 1. The van der Waals surface area contributed by atoms with Gasteiger partial charge in [0, 0.05) is 6.92 Å². The lowest BCUT2D eigenvalue weighted by Crippen LogP contribution is -2.84. The molecule has 0 aromatic heterocycles. The predicted molar refractivity (Wildman–Crippen MR) is 78.4 cm³/mol. The van der Waals surface area contributed by atoms with E-state index in [1.54, 1.807) is 0 Å². The largest absolute Gasteiger partial charge is 0.382 e. The van der Waals surface area contributed by atoms with Crippen LogP contribution in [0.5, 0.6) is 0 Å². The number of aliphatic hydroxyl groups is 3. The molecule has 1 fully saturated rings. The number of nitrogens with two attached hydrogens (primary N) is 1. The van der Waals surface area contributed by atoms with Crippen LogP contribution in [0, 0.1) is 0 Å². The van der Waals surface area contributed by atoms with Crippen molar-refractivity contribution in [3.8, 4) is 0 Å². The predicted octanol–water partition coefficient (Wildman–Crippen LogP) is -3.24. The fourth-order valence-electron chi connectivity index (χ4n) is 2.92. The highest BCUT2D eigenvalue weighted by molar-refractivity contribution is 6.00. The number of nitrogens with one attached hydrogen (secondary N) is 1. The minimum Gasteiger partial charge on any atom is -0.382 e. The van der Waals surface area contributed by atoms with Crippen LogP contribution in [0.4, 0.5) is 0 Å². The zero-order valence-electron chi connectivity index (χ0n) is 13.8. The molecule has 10 nitrogen and oxygen atoms in total. The van der Waals surface area contributed by atoms with Gasteiger partial charge >= 0.3 is 0 Å². The zero-order chi connectivity index (χ0) is 19.0. The summed E-state index contributed by atoms with van der Waals surface area (Å²) in [5.41, 5.74) is -0.224. The number of ether oxygens (including phenoxy) is 1. The number of carbonyl (C=O) groups is 4. The Labute approximate surface area is 138 Å². The maximum atomic E-state index is 12.1. The van der Waals surface area contributed by atoms with E-state index in [0.717, 1.165) is 27.7 Å². The molecule has 0 radical (unpaired) electrons. The van der Waals surface area contributed by atoms with Crippen molar-refractivity contribution in [2.45, 2.75) is 63.4 Å². The first-order valence-electron chi connectivity index (χ1n) is 7.15. The van der Waals surface area contributed by atoms with Gasteiger partial charge in [0.25, 0.3) is 0 Å². The molecule has 0 saturated carbocycles. The first kappa shape index (κ1) is 20.3. The van der Waals surface area contributed by atoms with E-state index in [-0.39, 0.29) is 0 Å². The summed E-state index contributed by atoms with van der Waals surface area (Å²) in [6.07, 6.45) is -5.61. The number of Topliss-reactive ketones (excluding diaryl/α,β-unsaturated/α-hetero) is 3. The van der Waals surface area contributed by atoms with Crippen LogP contribution in [0.15, 0.2) is 0 Å². The van der Waals surface area contributed by atoms with Gasteiger partial charge in [-0.3, -0.25) is 19.2 Å². The minimum absolute atomic E-state index is 0.713. The molecule has 0 aliphatic carbocycles. The van der Waals surface area contributed by atoms with Crippen LogP contribution in [-0.2, 0) is 23.9 Å². The van der Waals surface area contributed by atoms with Gasteiger partial charge in [0.05, 0.1) is 0 Å². The van der Waals surface area contributed by atoms with Gasteiger partial charge in [-0.2, -0.15) is 0 Å². The van der Waals surface area contributed by atoms with E-state index in [9.17, 15) is 34.5 Å². The fraction of sp³-hybridized carbons (Fsp3) is 0.714. The zero-order valence-corrected chi connectivity index (χ0v) is 13.8. The monoisotopic (exact) mass is 346 g/mol. The molecule has 1 unspecified atom stereocenters. The third-order valence-corrected chi connectivity index (χ3v) is 4.21. The van der Waals surface area contributed by atoms with Gasteiger partial charge in [-0.25, -0.2) is 0 Å².